The summed E-state index contributed by atoms with van der Waals surface area (Å²) >= 11 is 0. The third-order valence-corrected chi connectivity index (χ3v) is 4.02. The maximum Gasteiger partial charge on any atom is 0.252 e. The number of carbonyl (C=O) groups is 1. The van der Waals surface area contributed by atoms with E-state index in [2.05, 4.69) is 22.1 Å². The van der Waals surface area contributed by atoms with Crippen molar-refractivity contribution in [3.05, 3.63) is 23.9 Å². The Bertz CT molecular complexity index is 439. The van der Waals surface area contributed by atoms with Crippen LogP contribution in [0.4, 0.5) is 0 Å². The zero-order chi connectivity index (χ0) is 15.1. The van der Waals surface area contributed by atoms with Gasteiger partial charge in [-0.25, -0.2) is 4.98 Å². The van der Waals surface area contributed by atoms with Crippen LogP contribution in [0.2, 0.25) is 0 Å². The number of amides is 1. The Morgan fingerprint density at radius 2 is 2.19 bits per heavy atom. The number of rotatable bonds is 6. The van der Waals surface area contributed by atoms with Gasteiger partial charge < -0.3 is 15.0 Å². The van der Waals surface area contributed by atoms with Crippen molar-refractivity contribution in [1.29, 1.82) is 0 Å². The second-order valence-corrected chi connectivity index (χ2v) is 5.72. The maximum absolute atomic E-state index is 11.9. The number of carbonyl (C=O) groups excluding carboxylic acids is 1. The molecule has 1 aliphatic rings. The van der Waals surface area contributed by atoms with Crippen molar-refractivity contribution in [1.82, 2.24) is 15.2 Å². The Hall–Kier alpha value is -1.62. The Kier molecular flexibility index (Phi) is 5.99. The maximum atomic E-state index is 11.9. The highest BCUT2D eigenvalue weighted by Crippen LogP contribution is 2.15. The summed E-state index contributed by atoms with van der Waals surface area (Å²) in [5.74, 6) is 1.31. The van der Waals surface area contributed by atoms with E-state index in [-0.39, 0.29) is 5.91 Å². The second kappa shape index (κ2) is 7.98. The first-order chi connectivity index (χ1) is 10.2. The molecule has 0 saturated carbocycles. The number of pyridine rings is 1. The lowest BCUT2D eigenvalue weighted by Gasteiger charge is -2.30. The SMILES string of the molecule is COc1ccc(C(=O)NCCCN2CCC(C)CC2)cn1. The van der Waals surface area contributed by atoms with Crippen molar-refractivity contribution in [2.75, 3.05) is 33.3 Å². The Balaban J connectivity index is 1.64. The molecule has 2 rings (SSSR count). The fourth-order valence-electron chi connectivity index (χ4n) is 2.53. The number of nitrogens with zero attached hydrogens (tertiary/aromatic N) is 2. The molecular formula is C16H25N3O2. The quantitative estimate of drug-likeness (QED) is 0.814. The zero-order valence-electron chi connectivity index (χ0n) is 13.0. The molecule has 0 aliphatic carbocycles. The van der Waals surface area contributed by atoms with E-state index in [0.717, 1.165) is 18.9 Å². The topological polar surface area (TPSA) is 54.5 Å². The summed E-state index contributed by atoms with van der Waals surface area (Å²) in [4.78, 5) is 18.5. The van der Waals surface area contributed by atoms with Crippen molar-refractivity contribution in [2.24, 2.45) is 5.92 Å². The van der Waals surface area contributed by atoms with Gasteiger partial charge in [0.15, 0.2) is 0 Å². The molecule has 2 heterocycles. The Morgan fingerprint density at radius 3 is 2.81 bits per heavy atom. The number of nitrogens with one attached hydrogen (secondary N) is 1. The number of likely N-dealkylation sites (tertiary alicyclic amines) is 1. The lowest BCUT2D eigenvalue weighted by Crippen LogP contribution is -2.35. The largest absolute Gasteiger partial charge is 0.481 e. The lowest BCUT2D eigenvalue weighted by atomic mass is 9.99. The molecular weight excluding hydrogens is 266 g/mol. The van der Waals surface area contributed by atoms with Crippen LogP contribution in [0.5, 0.6) is 5.88 Å². The smallest absolute Gasteiger partial charge is 0.252 e. The van der Waals surface area contributed by atoms with Gasteiger partial charge in [-0.15, -0.1) is 0 Å². The van der Waals surface area contributed by atoms with Gasteiger partial charge in [-0.3, -0.25) is 4.79 Å². The van der Waals surface area contributed by atoms with Crippen LogP contribution in [-0.4, -0.2) is 49.1 Å². The molecule has 1 aromatic rings. The van der Waals surface area contributed by atoms with Crippen LogP contribution in [0.25, 0.3) is 0 Å². The van der Waals surface area contributed by atoms with Gasteiger partial charge in [0.05, 0.1) is 12.7 Å². The molecule has 21 heavy (non-hydrogen) atoms. The number of hydrogen-bond acceptors (Lipinski definition) is 4. The summed E-state index contributed by atoms with van der Waals surface area (Å²) in [6.45, 7) is 6.47. The minimum absolute atomic E-state index is 0.0718. The van der Waals surface area contributed by atoms with Crippen LogP contribution in [0.3, 0.4) is 0 Å². The first-order valence-corrected chi connectivity index (χ1v) is 7.69. The third-order valence-electron chi connectivity index (χ3n) is 4.02. The van der Waals surface area contributed by atoms with E-state index < -0.39 is 0 Å². The number of ether oxygens (including phenoxy) is 1. The minimum Gasteiger partial charge on any atom is -0.481 e. The molecule has 5 nitrogen and oxygen atoms in total. The van der Waals surface area contributed by atoms with E-state index in [9.17, 15) is 4.79 Å². The van der Waals surface area contributed by atoms with Crippen molar-refractivity contribution in [2.45, 2.75) is 26.2 Å². The highest BCUT2D eigenvalue weighted by atomic mass is 16.5. The average molecular weight is 291 g/mol. The summed E-state index contributed by atoms with van der Waals surface area (Å²) in [6, 6.07) is 3.43. The monoisotopic (exact) mass is 291 g/mol. The van der Waals surface area contributed by atoms with E-state index >= 15 is 0 Å². The molecule has 1 amide bonds. The number of hydrogen-bond donors (Lipinski definition) is 1. The van der Waals surface area contributed by atoms with Crippen LogP contribution >= 0.6 is 0 Å². The third kappa shape index (κ3) is 5.01. The normalized spacial score (nSPS) is 16.7. The van der Waals surface area contributed by atoms with Crippen molar-refractivity contribution in [3.8, 4) is 5.88 Å². The van der Waals surface area contributed by atoms with Crippen LogP contribution in [0.1, 0.15) is 36.5 Å². The van der Waals surface area contributed by atoms with Gasteiger partial charge in [0, 0.05) is 18.8 Å². The van der Waals surface area contributed by atoms with E-state index in [0.29, 0.717) is 18.0 Å². The lowest BCUT2D eigenvalue weighted by molar-refractivity contribution is 0.0950. The average Bonchev–Trinajstić information content (AvgIpc) is 2.53. The number of methoxy groups -OCH3 is 1. The van der Waals surface area contributed by atoms with E-state index in [1.165, 1.54) is 25.9 Å². The zero-order valence-corrected chi connectivity index (χ0v) is 13.0. The molecule has 116 valence electrons. The van der Waals surface area contributed by atoms with Gasteiger partial charge in [-0.1, -0.05) is 6.92 Å². The minimum atomic E-state index is -0.0718. The van der Waals surface area contributed by atoms with Gasteiger partial charge >= 0.3 is 0 Å². The first-order valence-electron chi connectivity index (χ1n) is 7.69. The number of piperidine rings is 1. The number of aromatic nitrogens is 1. The highest BCUT2D eigenvalue weighted by molar-refractivity contribution is 5.93. The predicted molar refractivity (Wildman–Crippen MR) is 82.6 cm³/mol. The van der Waals surface area contributed by atoms with Crippen LogP contribution in [0, 0.1) is 5.92 Å². The van der Waals surface area contributed by atoms with Gasteiger partial charge in [-0.2, -0.15) is 0 Å². The molecule has 0 bridgehead atoms. The van der Waals surface area contributed by atoms with Gasteiger partial charge in [0.2, 0.25) is 5.88 Å². The van der Waals surface area contributed by atoms with Gasteiger partial charge in [0.25, 0.3) is 5.91 Å². The molecule has 1 aromatic heterocycles. The summed E-state index contributed by atoms with van der Waals surface area (Å²) in [5.41, 5.74) is 0.572. The Labute approximate surface area is 126 Å². The fraction of sp³-hybridized carbons (Fsp3) is 0.625. The van der Waals surface area contributed by atoms with E-state index in [4.69, 9.17) is 4.74 Å². The molecule has 0 aromatic carbocycles. The summed E-state index contributed by atoms with van der Waals surface area (Å²) in [6.07, 6.45) is 5.12. The summed E-state index contributed by atoms with van der Waals surface area (Å²) in [7, 11) is 1.56. The summed E-state index contributed by atoms with van der Waals surface area (Å²) < 4.78 is 4.97. The molecule has 0 atom stereocenters. The molecule has 5 heteroatoms. The molecule has 1 aliphatic heterocycles. The van der Waals surface area contributed by atoms with Crippen molar-refractivity contribution >= 4 is 5.91 Å². The molecule has 1 N–H and O–H groups in total. The molecule has 0 radical (unpaired) electrons. The van der Waals surface area contributed by atoms with Crippen LogP contribution in [0.15, 0.2) is 18.3 Å². The Morgan fingerprint density at radius 1 is 1.43 bits per heavy atom. The van der Waals surface area contributed by atoms with E-state index in [1.807, 2.05) is 0 Å². The van der Waals surface area contributed by atoms with Gasteiger partial charge in [0.1, 0.15) is 0 Å². The fourth-order valence-corrected chi connectivity index (χ4v) is 2.53. The van der Waals surface area contributed by atoms with Crippen LogP contribution < -0.4 is 10.1 Å². The van der Waals surface area contributed by atoms with Crippen LogP contribution in [-0.2, 0) is 0 Å². The van der Waals surface area contributed by atoms with Gasteiger partial charge in [-0.05, 0) is 50.9 Å². The van der Waals surface area contributed by atoms with Crippen molar-refractivity contribution < 1.29 is 9.53 Å². The summed E-state index contributed by atoms with van der Waals surface area (Å²) in [5, 5.41) is 2.94. The second-order valence-electron chi connectivity index (χ2n) is 5.72. The van der Waals surface area contributed by atoms with Crippen molar-refractivity contribution in [3.63, 3.8) is 0 Å². The highest BCUT2D eigenvalue weighted by Gasteiger charge is 2.14. The molecule has 0 spiro atoms. The molecule has 0 unspecified atom stereocenters. The molecule has 1 saturated heterocycles. The van der Waals surface area contributed by atoms with E-state index in [1.54, 1.807) is 25.4 Å². The standard InChI is InChI=1S/C16H25N3O2/c1-13-6-10-19(11-7-13)9-3-8-17-16(20)14-4-5-15(21-2)18-12-14/h4-5,12-13H,3,6-11H2,1-2H3,(H,17,20). The predicted octanol–water partition coefficient (Wildman–Crippen LogP) is 1.94. The first kappa shape index (κ1) is 15.8. The molecule has 1 fully saturated rings.